The first-order valence-electron chi connectivity index (χ1n) is 9.46. The highest BCUT2D eigenvalue weighted by atomic mass is 15.2. The Bertz CT molecular complexity index is 282. The predicted octanol–water partition coefficient (Wildman–Crippen LogP) is 3.09. The molecule has 0 amide bonds. The number of nitrogens with two attached hydrogens (primary N) is 1. The average Bonchev–Trinajstić information content (AvgIpc) is 2.78. The van der Waals surface area contributed by atoms with E-state index in [4.69, 9.17) is 5.73 Å². The lowest BCUT2D eigenvalue weighted by Crippen LogP contribution is -2.42. The first kappa shape index (κ1) is 17.2. The van der Waals surface area contributed by atoms with Crippen molar-refractivity contribution in [3.8, 4) is 0 Å². The van der Waals surface area contributed by atoms with Crippen LogP contribution >= 0.6 is 0 Å². The standard InChI is InChI=1S/C18H37N3/c1-3-16-7-5-8-18(15-16)21-12-6-11-20(13-14-21)17(4-2)9-10-19/h16-18H,3-15,19H2,1-2H3. The van der Waals surface area contributed by atoms with Crippen molar-refractivity contribution in [2.75, 3.05) is 32.7 Å². The van der Waals surface area contributed by atoms with E-state index in [1.165, 1.54) is 71.1 Å². The molecule has 1 aliphatic carbocycles. The van der Waals surface area contributed by atoms with Crippen molar-refractivity contribution in [3.05, 3.63) is 0 Å². The van der Waals surface area contributed by atoms with E-state index in [2.05, 4.69) is 23.6 Å². The second-order valence-electron chi connectivity index (χ2n) is 7.16. The molecule has 124 valence electrons. The lowest BCUT2D eigenvalue weighted by atomic mass is 9.83. The van der Waals surface area contributed by atoms with Crippen molar-refractivity contribution < 1.29 is 0 Å². The minimum Gasteiger partial charge on any atom is -0.330 e. The van der Waals surface area contributed by atoms with Gasteiger partial charge in [-0.25, -0.2) is 0 Å². The van der Waals surface area contributed by atoms with Crippen LogP contribution in [0.2, 0.25) is 0 Å². The molecule has 2 aliphatic rings. The zero-order chi connectivity index (χ0) is 15.1. The summed E-state index contributed by atoms with van der Waals surface area (Å²) in [4.78, 5) is 5.53. The summed E-state index contributed by atoms with van der Waals surface area (Å²) in [6.45, 7) is 10.6. The molecule has 2 rings (SSSR count). The molecule has 1 aliphatic heterocycles. The van der Waals surface area contributed by atoms with Gasteiger partial charge in [0.15, 0.2) is 0 Å². The molecular weight excluding hydrogens is 258 g/mol. The summed E-state index contributed by atoms with van der Waals surface area (Å²) in [6, 6.07) is 1.59. The molecular formula is C18H37N3. The van der Waals surface area contributed by atoms with Gasteiger partial charge in [0.05, 0.1) is 0 Å². The quantitative estimate of drug-likeness (QED) is 0.817. The first-order chi connectivity index (χ1) is 10.3. The molecule has 1 heterocycles. The summed E-state index contributed by atoms with van der Waals surface area (Å²) in [5, 5.41) is 0. The van der Waals surface area contributed by atoms with Crippen LogP contribution in [-0.4, -0.2) is 54.6 Å². The van der Waals surface area contributed by atoms with Crippen LogP contribution in [0.15, 0.2) is 0 Å². The van der Waals surface area contributed by atoms with Crippen molar-refractivity contribution >= 4 is 0 Å². The van der Waals surface area contributed by atoms with E-state index in [0.29, 0.717) is 6.04 Å². The van der Waals surface area contributed by atoms with Crippen LogP contribution < -0.4 is 5.73 Å². The van der Waals surface area contributed by atoms with E-state index < -0.39 is 0 Å². The number of nitrogens with zero attached hydrogens (tertiary/aromatic N) is 2. The van der Waals surface area contributed by atoms with Crippen molar-refractivity contribution in [2.24, 2.45) is 11.7 Å². The van der Waals surface area contributed by atoms with Gasteiger partial charge < -0.3 is 5.73 Å². The zero-order valence-corrected chi connectivity index (χ0v) is 14.4. The fraction of sp³-hybridized carbons (Fsp3) is 1.00. The SMILES string of the molecule is CCC1CCCC(N2CCCN(C(CC)CCN)CC2)C1. The summed E-state index contributed by atoms with van der Waals surface area (Å²) in [6.07, 6.45) is 11.0. The minimum absolute atomic E-state index is 0.713. The molecule has 0 aromatic heterocycles. The Balaban J connectivity index is 1.85. The van der Waals surface area contributed by atoms with E-state index in [1.54, 1.807) is 0 Å². The maximum absolute atomic E-state index is 5.79. The third-order valence-electron chi connectivity index (χ3n) is 5.90. The van der Waals surface area contributed by atoms with E-state index >= 15 is 0 Å². The highest BCUT2D eigenvalue weighted by molar-refractivity contribution is 4.83. The molecule has 2 N–H and O–H groups in total. The largest absolute Gasteiger partial charge is 0.330 e. The predicted molar refractivity (Wildman–Crippen MR) is 91.6 cm³/mol. The maximum Gasteiger partial charge on any atom is 0.0112 e. The molecule has 3 unspecified atom stereocenters. The highest BCUT2D eigenvalue weighted by Gasteiger charge is 2.28. The van der Waals surface area contributed by atoms with Gasteiger partial charge in [-0.2, -0.15) is 0 Å². The van der Waals surface area contributed by atoms with Gasteiger partial charge in [-0.05, 0) is 57.7 Å². The molecule has 3 heteroatoms. The van der Waals surface area contributed by atoms with Gasteiger partial charge in [-0.3, -0.25) is 9.80 Å². The Kier molecular flexibility index (Phi) is 7.48. The molecule has 1 saturated carbocycles. The van der Waals surface area contributed by atoms with E-state index in [1.807, 2.05) is 0 Å². The lowest BCUT2D eigenvalue weighted by molar-refractivity contribution is 0.125. The van der Waals surface area contributed by atoms with E-state index in [-0.39, 0.29) is 0 Å². The van der Waals surface area contributed by atoms with Gasteiger partial charge in [0.1, 0.15) is 0 Å². The minimum atomic E-state index is 0.713. The van der Waals surface area contributed by atoms with Crippen LogP contribution in [0.3, 0.4) is 0 Å². The molecule has 0 bridgehead atoms. The fourth-order valence-corrected chi connectivity index (χ4v) is 4.49. The molecule has 1 saturated heterocycles. The smallest absolute Gasteiger partial charge is 0.0112 e. The molecule has 0 radical (unpaired) electrons. The second kappa shape index (κ2) is 9.12. The van der Waals surface area contributed by atoms with Gasteiger partial charge in [0.25, 0.3) is 0 Å². The number of hydrogen-bond acceptors (Lipinski definition) is 3. The number of hydrogen-bond donors (Lipinski definition) is 1. The first-order valence-corrected chi connectivity index (χ1v) is 9.46. The Hall–Kier alpha value is -0.120. The number of rotatable bonds is 6. The van der Waals surface area contributed by atoms with Crippen LogP contribution in [0.4, 0.5) is 0 Å². The Morgan fingerprint density at radius 3 is 2.62 bits per heavy atom. The average molecular weight is 296 g/mol. The lowest BCUT2D eigenvalue weighted by Gasteiger charge is -2.37. The van der Waals surface area contributed by atoms with Crippen LogP contribution in [0.25, 0.3) is 0 Å². The van der Waals surface area contributed by atoms with Gasteiger partial charge in [-0.15, -0.1) is 0 Å². The summed E-state index contributed by atoms with van der Waals surface area (Å²) in [7, 11) is 0. The Morgan fingerprint density at radius 2 is 1.90 bits per heavy atom. The molecule has 0 aromatic carbocycles. The van der Waals surface area contributed by atoms with Crippen molar-refractivity contribution in [1.82, 2.24) is 9.80 Å². The van der Waals surface area contributed by atoms with Crippen LogP contribution in [0, 0.1) is 5.92 Å². The molecule has 0 aromatic rings. The summed E-state index contributed by atoms with van der Waals surface area (Å²) in [5.74, 6) is 0.990. The normalized spacial score (nSPS) is 31.0. The van der Waals surface area contributed by atoms with Gasteiger partial charge in [0, 0.05) is 25.2 Å². The summed E-state index contributed by atoms with van der Waals surface area (Å²) >= 11 is 0. The van der Waals surface area contributed by atoms with Crippen molar-refractivity contribution in [1.29, 1.82) is 0 Å². The van der Waals surface area contributed by atoms with Crippen LogP contribution in [0.5, 0.6) is 0 Å². The monoisotopic (exact) mass is 295 g/mol. The third kappa shape index (κ3) is 4.94. The molecule has 3 nitrogen and oxygen atoms in total. The molecule has 21 heavy (non-hydrogen) atoms. The van der Waals surface area contributed by atoms with Crippen LogP contribution in [0.1, 0.15) is 65.2 Å². The molecule has 2 fully saturated rings. The zero-order valence-electron chi connectivity index (χ0n) is 14.4. The van der Waals surface area contributed by atoms with Crippen molar-refractivity contribution in [2.45, 2.75) is 77.3 Å². The molecule has 3 atom stereocenters. The second-order valence-corrected chi connectivity index (χ2v) is 7.16. The van der Waals surface area contributed by atoms with Gasteiger partial charge in [0.2, 0.25) is 0 Å². The van der Waals surface area contributed by atoms with E-state index in [9.17, 15) is 0 Å². The highest BCUT2D eigenvalue weighted by Crippen LogP contribution is 2.30. The van der Waals surface area contributed by atoms with Gasteiger partial charge in [-0.1, -0.05) is 33.1 Å². The van der Waals surface area contributed by atoms with Crippen molar-refractivity contribution in [3.63, 3.8) is 0 Å². The topological polar surface area (TPSA) is 32.5 Å². The van der Waals surface area contributed by atoms with Gasteiger partial charge >= 0.3 is 0 Å². The maximum atomic E-state index is 5.79. The molecule has 0 spiro atoms. The van der Waals surface area contributed by atoms with E-state index in [0.717, 1.165) is 24.9 Å². The summed E-state index contributed by atoms with van der Waals surface area (Å²) < 4.78 is 0. The third-order valence-corrected chi connectivity index (χ3v) is 5.90. The Labute approximate surface area is 132 Å². The Morgan fingerprint density at radius 1 is 1.05 bits per heavy atom. The summed E-state index contributed by atoms with van der Waals surface area (Å²) in [5.41, 5.74) is 5.79. The van der Waals surface area contributed by atoms with Crippen LogP contribution in [-0.2, 0) is 0 Å². The fourth-order valence-electron chi connectivity index (χ4n) is 4.49.